The SMILES string of the molecule is COCc1nnc(C2CCC(C(=O)O)CC2)o1. The number of carboxylic acid groups (broad SMARTS) is 1. The van der Waals surface area contributed by atoms with E-state index >= 15 is 0 Å². The molecule has 1 aliphatic rings. The Morgan fingerprint density at radius 3 is 2.71 bits per heavy atom. The highest BCUT2D eigenvalue weighted by molar-refractivity contribution is 5.70. The summed E-state index contributed by atoms with van der Waals surface area (Å²) in [6.07, 6.45) is 2.96. The molecule has 0 amide bonds. The third-order valence-electron chi connectivity index (χ3n) is 3.18. The van der Waals surface area contributed by atoms with Crippen LogP contribution in [0.1, 0.15) is 43.4 Å². The zero-order valence-corrected chi connectivity index (χ0v) is 9.76. The molecule has 6 nitrogen and oxygen atoms in total. The van der Waals surface area contributed by atoms with E-state index in [4.69, 9.17) is 14.3 Å². The number of nitrogens with zero attached hydrogens (tertiary/aromatic N) is 2. The van der Waals surface area contributed by atoms with Gasteiger partial charge in [0.2, 0.25) is 11.8 Å². The Kier molecular flexibility index (Phi) is 3.73. The summed E-state index contributed by atoms with van der Waals surface area (Å²) >= 11 is 0. The molecule has 0 radical (unpaired) electrons. The van der Waals surface area contributed by atoms with Crippen LogP contribution in [0.3, 0.4) is 0 Å². The Morgan fingerprint density at radius 1 is 1.41 bits per heavy atom. The summed E-state index contributed by atoms with van der Waals surface area (Å²) in [6.45, 7) is 0.317. The molecule has 1 saturated carbocycles. The molecular formula is C11H16N2O4. The van der Waals surface area contributed by atoms with Crippen molar-refractivity contribution in [2.24, 2.45) is 5.92 Å². The van der Waals surface area contributed by atoms with E-state index in [-0.39, 0.29) is 11.8 Å². The van der Waals surface area contributed by atoms with Crippen molar-refractivity contribution < 1.29 is 19.1 Å². The normalized spacial score (nSPS) is 24.8. The van der Waals surface area contributed by atoms with Gasteiger partial charge in [-0.1, -0.05) is 0 Å². The number of rotatable bonds is 4. The highest BCUT2D eigenvalue weighted by Gasteiger charge is 2.29. The summed E-state index contributed by atoms with van der Waals surface area (Å²) in [6, 6.07) is 0. The summed E-state index contributed by atoms with van der Waals surface area (Å²) in [5.41, 5.74) is 0. The Hall–Kier alpha value is -1.43. The van der Waals surface area contributed by atoms with Crippen molar-refractivity contribution in [3.8, 4) is 0 Å². The van der Waals surface area contributed by atoms with Gasteiger partial charge in [-0.25, -0.2) is 0 Å². The third-order valence-corrected chi connectivity index (χ3v) is 3.18. The van der Waals surface area contributed by atoms with Crippen molar-refractivity contribution in [3.05, 3.63) is 11.8 Å². The van der Waals surface area contributed by atoms with E-state index in [2.05, 4.69) is 10.2 Å². The van der Waals surface area contributed by atoms with Gasteiger partial charge in [0.05, 0.1) is 5.92 Å². The standard InChI is InChI=1S/C11H16N2O4/c1-16-6-9-12-13-10(17-9)7-2-4-8(5-3-7)11(14)15/h7-8H,2-6H2,1H3,(H,14,15). The number of hydrogen-bond acceptors (Lipinski definition) is 5. The van der Waals surface area contributed by atoms with E-state index in [0.29, 0.717) is 31.2 Å². The summed E-state index contributed by atoms with van der Waals surface area (Å²) in [4.78, 5) is 10.8. The summed E-state index contributed by atoms with van der Waals surface area (Å²) in [5, 5.41) is 16.8. The first-order chi connectivity index (χ1) is 8.20. The van der Waals surface area contributed by atoms with Gasteiger partial charge in [-0.05, 0) is 25.7 Å². The van der Waals surface area contributed by atoms with Gasteiger partial charge in [-0.2, -0.15) is 0 Å². The van der Waals surface area contributed by atoms with Crippen molar-refractivity contribution in [3.63, 3.8) is 0 Å². The van der Waals surface area contributed by atoms with Gasteiger partial charge in [0.25, 0.3) is 0 Å². The smallest absolute Gasteiger partial charge is 0.306 e. The van der Waals surface area contributed by atoms with Crippen molar-refractivity contribution in [2.45, 2.75) is 38.2 Å². The second-order valence-electron chi connectivity index (χ2n) is 4.35. The summed E-state index contributed by atoms with van der Waals surface area (Å²) in [5.74, 6) is 0.370. The summed E-state index contributed by atoms with van der Waals surface area (Å²) < 4.78 is 10.4. The largest absolute Gasteiger partial charge is 0.481 e. The van der Waals surface area contributed by atoms with Crippen molar-refractivity contribution in [1.29, 1.82) is 0 Å². The zero-order valence-electron chi connectivity index (χ0n) is 9.76. The number of methoxy groups -OCH3 is 1. The second kappa shape index (κ2) is 5.27. The lowest BCUT2D eigenvalue weighted by atomic mass is 9.82. The first-order valence-corrected chi connectivity index (χ1v) is 5.74. The van der Waals surface area contributed by atoms with Crippen LogP contribution in [0.2, 0.25) is 0 Å². The first kappa shape index (κ1) is 12.0. The van der Waals surface area contributed by atoms with Crippen LogP contribution in [0.25, 0.3) is 0 Å². The Labute approximate surface area is 99.0 Å². The minimum atomic E-state index is -0.700. The third kappa shape index (κ3) is 2.82. The molecule has 1 aliphatic carbocycles. The minimum Gasteiger partial charge on any atom is -0.481 e. The lowest BCUT2D eigenvalue weighted by molar-refractivity contribution is -0.142. The van der Waals surface area contributed by atoms with E-state index in [1.165, 1.54) is 0 Å². The van der Waals surface area contributed by atoms with E-state index in [1.54, 1.807) is 7.11 Å². The Balaban J connectivity index is 1.93. The average Bonchev–Trinajstić information content (AvgIpc) is 2.78. The van der Waals surface area contributed by atoms with Crippen LogP contribution >= 0.6 is 0 Å². The molecule has 0 aromatic carbocycles. The zero-order chi connectivity index (χ0) is 12.3. The molecule has 94 valence electrons. The predicted octanol–water partition coefficient (Wildman–Crippen LogP) is 1.57. The number of aliphatic carboxylic acids is 1. The molecule has 1 aromatic heterocycles. The van der Waals surface area contributed by atoms with Gasteiger partial charge < -0.3 is 14.3 Å². The molecule has 0 spiro atoms. The first-order valence-electron chi connectivity index (χ1n) is 5.74. The number of carboxylic acids is 1. The Bertz CT molecular complexity index is 383. The summed E-state index contributed by atoms with van der Waals surface area (Å²) in [7, 11) is 1.57. The van der Waals surface area contributed by atoms with Gasteiger partial charge >= 0.3 is 5.97 Å². The van der Waals surface area contributed by atoms with Gasteiger partial charge in [-0.15, -0.1) is 10.2 Å². The molecule has 0 bridgehead atoms. The molecule has 2 rings (SSSR count). The van der Waals surface area contributed by atoms with Crippen LogP contribution in [-0.2, 0) is 16.1 Å². The molecule has 0 atom stereocenters. The number of ether oxygens (including phenoxy) is 1. The lowest BCUT2D eigenvalue weighted by Crippen LogP contribution is -2.20. The molecule has 1 heterocycles. The van der Waals surface area contributed by atoms with E-state index in [0.717, 1.165) is 12.8 Å². The molecule has 6 heteroatoms. The van der Waals surface area contributed by atoms with Gasteiger partial charge in [0.15, 0.2) is 0 Å². The molecule has 1 N–H and O–H groups in total. The fourth-order valence-electron chi connectivity index (χ4n) is 2.20. The highest BCUT2D eigenvalue weighted by atomic mass is 16.5. The monoisotopic (exact) mass is 240 g/mol. The quantitative estimate of drug-likeness (QED) is 0.859. The van der Waals surface area contributed by atoms with Crippen LogP contribution in [0.4, 0.5) is 0 Å². The van der Waals surface area contributed by atoms with Gasteiger partial charge in [-0.3, -0.25) is 4.79 Å². The van der Waals surface area contributed by atoms with Crippen molar-refractivity contribution in [2.75, 3.05) is 7.11 Å². The van der Waals surface area contributed by atoms with E-state index in [9.17, 15) is 4.79 Å². The maximum atomic E-state index is 10.8. The average molecular weight is 240 g/mol. The van der Waals surface area contributed by atoms with Crippen LogP contribution < -0.4 is 0 Å². The minimum absolute atomic E-state index is 0.198. The molecule has 0 aliphatic heterocycles. The maximum absolute atomic E-state index is 10.8. The fraction of sp³-hybridized carbons (Fsp3) is 0.727. The fourth-order valence-corrected chi connectivity index (χ4v) is 2.20. The van der Waals surface area contributed by atoms with Crippen molar-refractivity contribution >= 4 is 5.97 Å². The molecular weight excluding hydrogens is 224 g/mol. The topological polar surface area (TPSA) is 85.5 Å². The van der Waals surface area contributed by atoms with Crippen LogP contribution in [0.15, 0.2) is 4.42 Å². The van der Waals surface area contributed by atoms with Crippen LogP contribution in [0, 0.1) is 5.92 Å². The molecule has 1 aromatic rings. The van der Waals surface area contributed by atoms with E-state index < -0.39 is 5.97 Å². The maximum Gasteiger partial charge on any atom is 0.306 e. The molecule has 0 unspecified atom stereocenters. The van der Waals surface area contributed by atoms with Crippen LogP contribution in [0.5, 0.6) is 0 Å². The number of carbonyl (C=O) groups is 1. The van der Waals surface area contributed by atoms with Crippen LogP contribution in [-0.4, -0.2) is 28.4 Å². The second-order valence-corrected chi connectivity index (χ2v) is 4.35. The van der Waals surface area contributed by atoms with E-state index in [1.807, 2.05) is 0 Å². The molecule has 1 fully saturated rings. The van der Waals surface area contributed by atoms with Gasteiger partial charge in [0.1, 0.15) is 6.61 Å². The number of hydrogen-bond donors (Lipinski definition) is 1. The highest BCUT2D eigenvalue weighted by Crippen LogP contribution is 2.35. The predicted molar refractivity (Wildman–Crippen MR) is 57.3 cm³/mol. The molecule has 0 saturated heterocycles. The lowest BCUT2D eigenvalue weighted by Gasteiger charge is -2.23. The number of aromatic nitrogens is 2. The Morgan fingerprint density at radius 2 is 2.12 bits per heavy atom. The van der Waals surface area contributed by atoms with Crippen molar-refractivity contribution in [1.82, 2.24) is 10.2 Å². The van der Waals surface area contributed by atoms with Gasteiger partial charge in [0, 0.05) is 13.0 Å². The molecule has 17 heavy (non-hydrogen) atoms.